The van der Waals surface area contributed by atoms with Crippen LogP contribution in [0, 0.1) is 10.1 Å². The number of carboxylic acid groups (broad SMARTS) is 1. The number of nitrogens with one attached hydrogen (secondary N) is 1. The maximum absolute atomic E-state index is 10.7. The maximum atomic E-state index is 10.7. The topological polar surface area (TPSA) is 92.5 Å². The molecule has 0 saturated heterocycles. The molecule has 0 aliphatic rings. The van der Waals surface area contributed by atoms with Gasteiger partial charge in [0.15, 0.2) is 0 Å². The van der Waals surface area contributed by atoms with Crippen molar-refractivity contribution in [2.45, 2.75) is 0 Å². The van der Waals surface area contributed by atoms with Gasteiger partial charge >= 0.3 is 5.97 Å². The lowest BCUT2D eigenvalue weighted by Gasteiger charge is -2.02. The number of anilines is 1. The average Bonchev–Trinajstić information content (AvgIpc) is 2.25. The van der Waals surface area contributed by atoms with Crippen LogP contribution in [0.5, 0.6) is 0 Å². The summed E-state index contributed by atoms with van der Waals surface area (Å²) in [6.07, 6.45) is 2.23. The van der Waals surface area contributed by atoms with Gasteiger partial charge in [-0.1, -0.05) is 6.07 Å². The number of carbonyl (C=O) groups is 1. The first-order chi connectivity index (χ1) is 7.54. The molecule has 0 fully saturated rings. The number of benzene rings is 1. The van der Waals surface area contributed by atoms with Crippen LogP contribution in [-0.2, 0) is 4.79 Å². The Kier molecular flexibility index (Phi) is 3.60. The van der Waals surface area contributed by atoms with Gasteiger partial charge in [0.2, 0.25) is 0 Å². The fourth-order valence-corrected chi connectivity index (χ4v) is 1.18. The van der Waals surface area contributed by atoms with Crippen LogP contribution in [0.3, 0.4) is 0 Å². The number of nitro benzene ring substituents is 1. The van der Waals surface area contributed by atoms with Gasteiger partial charge in [0.25, 0.3) is 5.69 Å². The van der Waals surface area contributed by atoms with Gasteiger partial charge in [-0.3, -0.25) is 10.1 Å². The molecule has 0 aliphatic heterocycles. The molecule has 0 bridgehead atoms. The van der Waals surface area contributed by atoms with Gasteiger partial charge in [0, 0.05) is 19.2 Å². The molecule has 1 rings (SSSR count). The van der Waals surface area contributed by atoms with E-state index in [1.54, 1.807) is 13.1 Å². The molecule has 0 heterocycles. The highest BCUT2D eigenvalue weighted by Gasteiger charge is 2.12. The van der Waals surface area contributed by atoms with Crippen LogP contribution in [0.15, 0.2) is 24.3 Å². The Morgan fingerprint density at radius 3 is 2.75 bits per heavy atom. The molecule has 16 heavy (non-hydrogen) atoms. The van der Waals surface area contributed by atoms with Gasteiger partial charge < -0.3 is 10.4 Å². The van der Waals surface area contributed by atoms with Crippen molar-refractivity contribution in [1.29, 1.82) is 0 Å². The molecular formula is C10H10N2O4. The molecule has 1 aromatic carbocycles. The second-order valence-electron chi connectivity index (χ2n) is 2.96. The number of rotatable bonds is 4. The van der Waals surface area contributed by atoms with Crippen LogP contribution in [-0.4, -0.2) is 23.0 Å². The third-order valence-electron chi connectivity index (χ3n) is 1.91. The molecule has 6 nitrogen and oxygen atoms in total. The molecule has 0 spiro atoms. The van der Waals surface area contributed by atoms with Crippen molar-refractivity contribution in [2.24, 2.45) is 0 Å². The lowest BCUT2D eigenvalue weighted by atomic mass is 10.1. The van der Waals surface area contributed by atoms with Crippen molar-refractivity contribution in [3.05, 3.63) is 40.0 Å². The van der Waals surface area contributed by atoms with E-state index < -0.39 is 10.9 Å². The van der Waals surface area contributed by atoms with Gasteiger partial charge in [-0.2, -0.15) is 0 Å². The van der Waals surface area contributed by atoms with Crippen molar-refractivity contribution in [2.75, 3.05) is 12.4 Å². The summed E-state index contributed by atoms with van der Waals surface area (Å²) in [4.78, 5) is 20.5. The van der Waals surface area contributed by atoms with Gasteiger partial charge in [-0.15, -0.1) is 0 Å². The van der Waals surface area contributed by atoms with Crippen LogP contribution in [0.25, 0.3) is 6.08 Å². The molecule has 6 heteroatoms. The van der Waals surface area contributed by atoms with E-state index in [2.05, 4.69) is 5.32 Å². The Bertz CT molecular complexity index is 454. The highest BCUT2D eigenvalue weighted by atomic mass is 16.6. The zero-order chi connectivity index (χ0) is 12.1. The summed E-state index contributed by atoms with van der Waals surface area (Å²) in [7, 11) is 1.58. The number of aliphatic carboxylic acids is 1. The Morgan fingerprint density at radius 2 is 2.25 bits per heavy atom. The van der Waals surface area contributed by atoms with E-state index in [1.165, 1.54) is 18.2 Å². The third-order valence-corrected chi connectivity index (χ3v) is 1.91. The van der Waals surface area contributed by atoms with E-state index in [-0.39, 0.29) is 5.69 Å². The zero-order valence-electron chi connectivity index (χ0n) is 8.51. The van der Waals surface area contributed by atoms with E-state index in [0.717, 1.165) is 6.08 Å². The Hall–Kier alpha value is -2.37. The standard InChI is InChI=1S/C10H10N2O4/c1-11-8-4-2-7(3-5-10(13)14)6-9(8)12(15)16/h2-6,11H,1H3,(H,13,14)/b5-3+. The van der Waals surface area contributed by atoms with Crippen LogP contribution >= 0.6 is 0 Å². The van der Waals surface area contributed by atoms with Gasteiger partial charge in [0.1, 0.15) is 5.69 Å². The summed E-state index contributed by atoms with van der Waals surface area (Å²) in [6.45, 7) is 0. The largest absolute Gasteiger partial charge is 0.478 e. The predicted octanol–water partition coefficient (Wildman–Crippen LogP) is 1.73. The minimum Gasteiger partial charge on any atom is -0.478 e. The Morgan fingerprint density at radius 1 is 1.56 bits per heavy atom. The first kappa shape index (κ1) is 11.7. The molecule has 1 aromatic rings. The van der Waals surface area contributed by atoms with Crippen molar-refractivity contribution in [1.82, 2.24) is 0 Å². The monoisotopic (exact) mass is 222 g/mol. The molecule has 84 valence electrons. The van der Waals surface area contributed by atoms with E-state index >= 15 is 0 Å². The second-order valence-corrected chi connectivity index (χ2v) is 2.96. The number of nitrogens with zero attached hydrogens (tertiary/aromatic N) is 1. The van der Waals surface area contributed by atoms with E-state index in [1.807, 2.05) is 0 Å². The molecule has 0 atom stereocenters. The molecule has 2 N–H and O–H groups in total. The molecule has 0 aliphatic carbocycles. The van der Waals surface area contributed by atoms with Gasteiger partial charge in [-0.05, 0) is 17.7 Å². The predicted molar refractivity (Wildman–Crippen MR) is 59.3 cm³/mol. The smallest absolute Gasteiger partial charge is 0.328 e. The second kappa shape index (κ2) is 4.92. The molecular weight excluding hydrogens is 212 g/mol. The highest BCUT2D eigenvalue weighted by molar-refractivity contribution is 5.85. The summed E-state index contributed by atoms with van der Waals surface area (Å²) in [5, 5.41) is 21.8. The number of nitro groups is 1. The van der Waals surface area contributed by atoms with Crippen molar-refractivity contribution in [3.63, 3.8) is 0 Å². The fraction of sp³-hybridized carbons (Fsp3) is 0.100. The SMILES string of the molecule is CNc1ccc(/C=C/C(=O)O)cc1[N+](=O)[O-]. The summed E-state index contributed by atoms with van der Waals surface area (Å²) in [5.41, 5.74) is 0.764. The van der Waals surface area contributed by atoms with Crippen LogP contribution in [0.4, 0.5) is 11.4 Å². The average molecular weight is 222 g/mol. The van der Waals surface area contributed by atoms with Crippen LogP contribution in [0.2, 0.25) is 0 Å². The minimum absolute atomic E-state index is 0.0879. The van der Waals surface area contributed by atoms with Crippen molar-refractivity contribution >= 4 is 23.4 Å². The first-order valence-electron chi connectivity index (χ1n) is 4.42. The number of hydrogen-bond donors (Lipinski definition) is 2. The number of hydrogen-bond acceptors (Lipinski definition) is 4. The normalized spacial score (nSPS) is 10.3. The highest BCUT2D eigenvalue weighted by Crippen LogP contribution is 2.25. The summed E-state index contributed by atoms with van der Waals surface area (Å²) in [5.74, 6) is -1.10. The maximum Gasteiger partial charge on any atom is 0.328 e. The summed E-state index contributed by atoms with van der Waals surface area (Å²) >= 11 is 0. The molecule has 0 amide bonds. The third kappa shape index (κ3) is 2.81. The van der Waals surface area contributed by atoms with Crippen LogP contribution < -0.4 is 5.32 Å². The van der Waals surface area contributed by atoms with E-state index in [4.69, 9.17) is 5.11 Å². The van der Waals surface area contributed by atoms with Crippen LogP contribution in [0.1, 0.15) is 5.56 Å². The Balaban J connectivity index is 3.12. The van der Waals surface area contributed by atoms with Gasteiger partial charge in [-0.25, -0.2) is 4.79 Å². The minimum atomic E-state index is -1.10. The number of carboxylic acids is 1. The molecule has 0 unspecified atom stereocenters. The lowest BCUT2D eigenvalue weighted by molar-refractivity contribution is -0.384. The van der Waals surface area contributed by atoms with Crippen molar-refractivity contribution < 1.29 is 14.8 Å². The lowest BCUT2D eigenvalue weighted by Crippen LogP contribution is -1.96. The summed E-state index contributed by atoms with van der Waals surface area (Å²) < 4.78 is 0. The molecule has 0 aromatic heterocycles. The quantitative estimate of drug-likeness (QED) is 0.459. The zero-order valence-corrected chi connectivity index (χ0v) is 8.51. The molecule has 0 saturated carbocycles. The van der Waals surface area contributed by atoms with E-state index in [9.17, 15) is 14.9 Å². The fourth-order valence-electron chi connectivity index (χ4n) is 1.18. The van der Waals surface area contributed by atoms with Gasteiger partial charge in [0.05, 0.1) is 4.92 Å². The van der Waals surface area contributed by atoms with Crippen molar-refractivity contribution in [3.8, 4) is 0 Å². The first-order valence-corrected chi connectivity index (χ1v) is 4.42. The summed E-state index contributed by atoms with van der Waals surface area (Å²) in [6, 6.07) is 4.43. The molecule has 0 radical (unpaired) electrons. The Labute approximate surface area is 91.4 Å². The van der Waals surface area contributed by atoms with E-state index in [0.29, 0.717) is 11.3 Å².